The highest BCUT2D eigenvalue weighted by molar-refractivity contribution is 9.10. The number of hydrogen-bond donors (Lipinski definition) is 0. The molecule has 1 heterocycles. The third-order valence-electron chi connectivity index (χ3n) is 1.33. The van der Waals surface area contributed by atoms with Gasteiger partial charge in [-0.2, -0.15) is 0 Å². The number of anilines is 1. The van der Waals surface area contributed by atoms with Gasteiger partial charge in [-0.15, -0.1) is 0 Å². The molecule has 60 valence electrons. The molecule has 0 atom stereocenters. The van der Waals surface area contributed by atoms with Crippen molar-refractivity contribution in [2.45, 2.75) is 0 Å². The van der Waals surface area contributed by atoms with Crippen LogP contribution in [0.15, 0.2) is 22.9 Å². The van der Waals surface area contributed by atoms with E-state index < -0.39 is 0 Å². The SMILES string of the molecule is CSN(C)c1cncc(Br)c1. The molecule has 1 aromatic heterocycles. The lowest BCUT2D eigenvalue weighted by atomic mass is 10.4. The minimum atomic E-state index is 1.01. The van der Waals surface area contributed by atoms with Crippen LogP contribution in [0.2, 0.25) is 0 Å². The summed E-state index contributed by atoms with van der Waals surface area (Å²) < 4.78 is 3.06. The lowest BCUT2D eigenvalue weighted by Gasteiger charge is -2.14. The summed E-state index contributed by atoms with van der Waals surface area (Å²) in [5.74, 6) is 0. The van der Waals surface area contributed by atoms with Crippen LogP contribution in [0.5, 0.6) is 0 Å². The molecule has 1 rings (SSSR count). The van der Waals surface area contributed by atoms with E-state index in [4.69, 9.17) is 0 Å². The monoisotopic (exact) mass is 232 g/mol. The fourth-order valence-corrected chi connectivity index (χ4v) is 1.34. The van der Waals surface area contributed by atoms with Gasteiger partial charge in [0.1, 0.15) is 0 Å². The standard InChI is InChI=1S/C7H9BrN2S/c1-10(11-2)7-3-6(8)4-9-5-7/h3-5H,1-2H3. The molecule has 0 radical (unpaired) electrons. The Bertz CT molecular complexity index is 242. The number of hydrogen-bond acceptors (Lipinski definition) is 3. The van der Waals surface area contributed by atoms with E-state index in [2.05, 4.69) is 25.2 Å². The third-order valence-corrected chi connectivity index (χ3v) is 2.52. The molecule has 0 aromatic carbocycles. The van der Waals surface area contributed by atoms with Crippen LogP contribution in [-0.4, -0.2) is 18.3 Å². The summed E-state index contributed by atoms with van der Waals surface area (Å²) >= 11 is 5.02. The molecular formula is C7H9BrN2S. The molecule has 2 nitrogen and oxygen atoms in total. The summed E-state index contributed by atoms with van der Waals surface area (Å²) in [5.41, 5.74) is 1.10. The van der Waals surface area contributed by atoms with E-state index in [-0.39, 0.29) is 0 Å². The van der Waals surface area contributed by atoms with Crippen LogP contribution < -0.4 is 4.31 Å². The molecule has 0 fully saturated rings. The largest absolute Gasteiger partial charge is 0.318 e. The van der Waals surface area contributed by atoms with Crippen molar-refractivity contribution in [1.82, 2.24) is 4.98 Å². The average Bonchev–Trinajstić information content (AvgIpc) is 2.03. The Morgan fingerprint density at radius 2 is 2.27 bits per heavy atom. The van der Waals surface area contributed by atoms with Crippen LogP contribution in [0.3, 0.4) is 0 Å². The zero-order valence-electron chi connectivity index (χ0n) is 6.41. The number of aromatic nitrogens is 1. The van der Waals surface area contributed by atoms with E-state index >= 15 is 0 Å². The molecule has 11 heavy (non-hydrogen) atoms. The molecule has 0 bridgehead atoms. The highest BCUT2D eigenvalue weighted by atomic mass is 79.9. The molecule has 1 aromatic rings. The maximum absolute atomic E-state index is 4.05. The Morgan fingerprint density at radius 1 is 1.55 bits per heavy atom. The summed E-state index contributed by atoms with van der Waals surface area (Å²) in [7, 11) is 2.01. The first-order valence-corrected chi connectivity index (χ1v) is 5.10. The summed E-state index contributed by atoms with van der Waals surface area (Å²) in [5, 5.41) is 0. The van der Waals surface area contributed by atoms with Crippen molar-refractivity contribution in [1.29, 1.82) is 0 Å². The van der Waals surface area contributed by atoms with Gasteiger partial charge in [-0.1, -0.05) is 11.9 Å². The maximum Gasteiger partial charge on any atom is 0.0661 e. The second kappa shape index (κ2) is 3.97. The van der Waals surface area contributed by atoms with E-state index in [1.54, 1.807) is 18.1 Å². The van der Waals surface area contributed by atoms with Crippen molar-refractivity contribution < 1.29 is 0 Å². The highest BCUT2D eigenvalue weighted by Gasteiger charge is 1.98. The van der Waals surface area contributed by atoms with Crippen LogP contribution in [-0.2, 0) is 0 Å². The number of halogens is 1. The van der Waals surface area contributed by atoms with Gasteiger partial charge in [-0.25, -0.2) is 0 Å². The fourth-order valence-electron chi connectivity index (χ4n) is 0.678. The average molecular weight is 233 g/mol. The molecule has 0 saturated carbocycles. The fraction of sp³-hybridized carbons (Fsp3) is 0.286. The van der Waals surface area contributed by atoms with Crippen LogP contribution in [0.25, 0.3) is 0 Å². The van der Waals surface area contributed by atoms with Crippen LogP contribution >= 0.6 is 27.9 Å². The predicted molar refractivity (Wildman–Crippen MR) is 53.9 cm³/mol. The van der Waals surface area contributed by atoms with Gasteiger partial charge in [0.2, 0.25) is 0 Å². The van der Waals surface area contributed by atoms with Crippen LogP contribution in [0.4, 0.5) is 5.69 Å². The first-order valence-electron chi connectivity index (χ1n) is 3.12. The van der Waals surface area contributed by atoms with Crippen molar-refractivity contribution in [3.63, 3.8) is 0 Å². The highest BCUT2D eigenvalue weighted by Crippen LogP contribution is 2.20. The summed E-state index contributed by atoms with van der Waals surface area (Å²) in [6.07, 6.45) is 5.64. The molecule has 0 unspecified atom stereocenters. The normalized spacial score (nSPS) is 9.73. The molecule has 0 amide bonds. The molecule has 0 aliphatic carbocycles. The van der Waals surface area contributed by atoms with E-state index in [1.807, 2.05) is 25.6 Å². The zero-order chi connectivity index (χ0) is 8.27. The van der Waals surface area contributed by atoms with Gasteiger partial charge >= 0.3 is 0 Å². The van der Waals surface area contributed by atoms with Crippen molar-refractivity contribution in [2.24, 2.45) is 0 Å². The minimum Gasteiger partial charge on any atom is -0.318 e. The van der Waals surface area contributed by atoms with Crippen molar-refractivity contribution in [2.75, 3.05) is 17.6 Å². The van der Waals surface area contributed by atoms with Crippen LogP contribution in [0.1, 0.15) is 0 Å². The van der Waals surface area contributed by atoms with E-state index in [0.717, 1.165) is 10.2 Å². The molecular weight excluding hydrogens is 224 g/mol. The Morgan fingerprint density at radius 3 is 2.82 bits per heavy atom. The van der Waals surface area contributed by atoms with Gasteiger partial charge < -0.3 is 4.31 Å². The third kappa shape index (κ3) is 2.38. The number of pyridine rings is 1. The van der Waals surface area contributed by atoms with Gasteiger partial charge in [0.25, 0.3) is 0 Å². The second-order valence-electron chi connectivity index (χ2n) is 2.04. The first kappa shape index (κ1) is 8.87. The first-order chi connectivity index (χ1) is 5.24. The lowest BCUT2D eigenvalue weighted by Crippen LogP contribution is -2.04. The van der Waals surface area contributed by atoms with Gasteiger partial charge in [0, 0.05) is 24.0 Å². The Balaban J connectivity index is 2.86. The molecule has 0 N–H and O–H groups in total. The minimum absolute atomic E-state index is 1.01. The Labute approximate surface area is 79.3 Å². The molecule has 0 saturated heterocycles. The quantitative estimate of drug-likeness (QED) is 0.730. The molecule has 0 spiro atoms. The van der Waals surface area contributed by atoms with Gasteiger partial charge in [0.05, 0.1) is 11.9 Å². The van der Waals surface area contributed by atoms with Gasteiger partial charge in [-0.05, 0) is 22.0 Å². The Hall–Kier alpha value is -0.220. The predicted octanol–water partition coefficient (Wildman–Crippen LogP) is 2.56. The van der Waals surface area contributed by atoms with E-state index in [0.29, 0.717) is 0 Å². The zero-order valence-corrected chi connectivity index (χ0v) is 8.82. The molecule has 0 aliphatic rings. The van der Waals surface area contributed by atoms with Gasteiger partial charge in [-0.3, -0.25) is 4.98 Å². The topological polar surface area (TPSA) is 16.1 Å². The number of nitrogens with zero attached hydrogens (tertiary/aromatic N) is 2. The van der Waals surface area contributed by atoms with E-state index in [9.17, 15) is 0 Å². The summed E-state index contributed by atoms with van der Waals surface area (Å²) in [6, 6.07) is 2.03. The van der Waals surface area contributed by atoms with Crippen molar-refractivity contribution >= 4 is 33.6 Å². The molecule has 0 aliphatic heterocycles. The Kier molecular flexibility index (Phi) is 3.20. The van der Waals surface area contributed by atoms with Crippen molar-refractivity contribution in [3.05, 3.63) is 22.9 Å². The van der Waals surface area contributed by atoms with Gasteiger partial charge in [0.15, 0.2) is 0 Å². The maximum atomic E-state index is 4.05. The number of rotatable bonds is 2. The van der Waals surface area contributed by atoms with E-state index in [1.165, 1.54) is 0 Å². The van der Waals surface area contributed by atoms with Crippen LogP contribution in [0, 0.1) is 0 Å². The lowest BCUT2D eigenvalue weighted by molar-refractivity contribution is 1.25. The summed E-state index contributed by atoms with van der Waals surface area (Å²) in [4.78, 5) is 4.05. The molecule has 4 heteroatoms. The summed E-state index contributed by atoms with van der Waals surface area (Å²) in [6.45, 7) is 0. The second-order valence-corrected chi connectivity index (χ2v) is 3.87. The van der Waals surface area contributed by atoms with Crippen molar-refractivity contribution in [3.8, 4) is 0 Å². The smallest absolute Gasteiger partial charge is 0.0661 e.